The molecule has 0 saturated carbocycles. The van der Waals surface area contributed by atoms with Gasteiger partial charge in [0, 0.05) is 44.8 Å². The largest absolute Gasteiger partial charge is 0.495 e. The van der Waals surface area contributed by atoms with Crippen molar-refractivity contribution in [2.45, 2.75) is 4.90 Å². The number of aromatic nitrogens is 2. The Morgan fingerprint density at radius 1 is 0.967 bits per heavy atom. The summed E-state index contributed by atoms with van der Waals surface area (Å²) in [5.41, 5.74) is 1.30. The molecule has 0 spiro atoms. The minimum atomic E-state index is -3.70. The van der Waals surface area contributed by atoms with Crippen LogP contribution in [-0.4, -0.2) is 94.5 Å². The Bertz CT molecular complexity index is 969. The highest BCUT2D eigenvalue weighted by Crippen LogP contribution is 2.31. The molecule has 1 aromatic carbocycles. The predicted molar refractivity (Wildman–Crippen MR) is 113 cm³/mol. The number of sulfonamides is 1. The smallest absolute Gasteiger partial charge is 0.246 e. The maximum Gasteiger partial charge on any atom is 0.246 e. The van der Waals surface area contributed by atoms with E-state index in [0.29, 0.717) is 43.3 Å². The van der Waals surface area contributed by atoms with Gasteiger partial charge in [-0.15, -0.1) is 10.2 Å². The van der Waals surface area contributed by atoms with Gasteiger partial charge >= 0.3 is 0 Å². The number of morpholine rings is 1. The highest BCUT2D eigenvalue weighted by Gasteiger charge is 2.29. The summed E-state index contributed by atoms with van der Waals surface area (Å²) < 4.78 is 38.4. The summed E-state index contributed by atoms with van der Waals surface area (Å²) in [6, 6.07) is 8.90. The Morgan fingerprint density at radius 3 is 2.33 bits per heavy atom. The van der Waals surface area contributed by atoms with E-state index >= 15 is 0 Å². The van der Waals surface area contributed by atoms with Crippen LogP contribution in [0.15, 0.2) is 35.2 Å². The van der Waals surface area contributed by atoms with Gasteiger partial charge in [0.25, 0.3) is 0 Å². The number of methoxy groups -OCH3 is 1. The van der Waals surface area contributed by atoms with Crippen molar-refractivity contribution in [3.63, 3.8) is 0 Å². The topological polar surface area (TPSA) is 88.1 Å². The molecule has 0 aliphatic carbocycles. The summed E-state index contributed by atoms with van der Waals surface area (Å²) in [7, 11) is -0.119. The molecule has 2 aliphatic heterocycles. The van der Waals surface area contributed by atoms with Crippen molar-refractivity contribution in [1.82, 2.24) is 19.4 Å². The number of hydrogen-bond acceptors (Lipinski definition) is 8. The van der Waals surface area contributed by atoms with Crippen molar-refractivity contribution in [2.75, 3.05) is 71.5 Å². The zero-order valence-electron chi connectivity index (χ0n) is 17.3. The van der Waals surface area contributed by atoms with E-state index < -0.39 is 10.0 Å². The average molecular weight is 434 g/mol. The van der Waals surface area contributed by atoms with E-state index in [9.17, 15) is 8.42 Å². The van der Waals surface area contributed by atoms with Crippen molar-refractivity contribution in [1.29, 1.82) is 0 Å². The molecular formula is C20H27N5O4S. The highest BCUT2D eigenvalue weighted by molar-refractivity contribution is 7.89. The van der Waals surface area contributed by atoms with Gasteiger partial charge in [-0.1, -0.05) is 0 Å². The molecule has 10 heteroatoms. The molecule has 30 heavy (non-hydrogen) atoms. The van der Waals surface area contributed by atoms with Crippen molar-refractivity contribution >= 4 is 15.8 Å². The van der Waals surface area contributed by atoms with Gasteiger partial charge in [0.05, 0.1) is 26.0 Å². The SMILES string of the molecule is COc1ccc(-c2ccc(N3CCN(C)CC3)nn2)cc1S(=O)(=O)N1CCOCC1. The van der Waals surface area contributed by atoms with Gasteiger partial charge in [0.15, 0.2) is 5.82 Å². The molecule has 0 unspecified atom stereocenters. The minimum absolute atomic E-state index is 0.134. The molecule has 162 valence electrons. The van der Waals surface area contributed by atoms with Crippen LogP contribution < -0.4 is 9.64 Å². The van der Waals surface area contributed by atoms with E-state index in [1.807, 2.05) is 12.1 Å². The fourth-order valence-electron chi connectivity index (χ4n) is 3.65. The Balaban J connectivity index is 1.61. The van der Waals surface area contributed by atoms with Crippen LogP contribution in [0.2, 0.25) is 0 Å². The quantitative estimate of drug-likeness (QED) is 0.688. The lowest BCUT2D eigenvalue weighted by Gasteiger charge is -2.32. The Hall–Kier alpha value is -2.27. The zero-order valence-corrected chi connectivity index (χ0v) is 18.1. The number of benzene rings is 1. The number of nitrogens with zero attached hydrogens (tertiary/aromatic N) is 5. The number of rotatable bonds is 5. The fraction of sp³-hybridized carbons (Fsp3) is 0.500. The maximum atomic E-state index is 13.2. The summed E-state index contributed by atoms with van der Waals surface area (Å²) >= 11 is 0. The van der Waals surface area contributed by atoms with Crippen molar-refractivity contribution in [3.8, 4) is 17.0 Å². The van der Waals surface area contributed by atoms with Crippen LogP contribution in [-0.2, 0) is 14.8 Å². The predicted octanol–water partition coefficient (Wildman–Crippen LogP) is 0.925. The fourth-order valence-corrected chi connectivity index (χ4v) is 5.24. The number of piperazine rings is 1. The molecule has 2 saturated heterocycles. The van der Waals surface area contributed by atoms with E-state index in [1.54, 1.807) is 18.2 Å². The molecule has 2 aromatic rings. The van der Waals surface area contributed by atoms with Crippen LogP contribution in [0.3, 0.4) is 0 Å². The lowest BCUT2D eigenvalue weighted by atomic mass is 10.1. The van der Waals surface area contributed by atoms with Crippen molar-refractivity contribution in [3.05, 3.63) is 30.3 Å². The monoisotopic (exact) mass is 433 g/mol. The van der Waals surface area contributed by atoms with E-state index in [-0.39, 0.29) is 4.90 Å². The number of hydrogen-bond donors (Lipinski definition) is 0. The standard InChI is InChI=1S/C20H27N5O4S/c1-23-7-9-24(10-8-23)20-6-4-17(21-22-20)16-3-5-18(28-2)19(15-16)30(26,27)25-11-13-29-14-12-25/h3-6,15H,7-14H2,1-2H3. The lowest BCUT2D eigenvalue weighted by Crippen LogP contribution is -2.44. The van der Waals surface area contributed by atoms with Gasteiger partial charge in [-0.3, -0.25) is 0 Å². The molecule has 3 heterocycles. The van der Waals surface area contributed by atoms with Crippen LogP contribution in [0.25, 0.3) is 11.3 Å². The molecule has 4 rings (SSSR count). The van der Waals surface area contributed by atoms with Crippen LogP contribution in [0.4, 0.5) is 5.82 Å². The summed E-state index contributed by atoms with van der Waals surface area (Å²) in [6.07, 6.45) is 0. The third-order valence-electron chi connectivity index (χ3n) is 5.53. The molecule has 2 aliphatic rings. The first-order chi connectivity index (χ1) is 14.5. The Morgan fingerprint density at radius 2 is 1.70 bits per heavy atom. The normalized spacial score (nSPS) is 19.1. The summed E-state index contributed by atoms with van der Waals surface area (Å²) in [5.74, 6) is 1.15. The van der Waals surface area contributed by atoms with Crippen LogP contribution >= 0.6 is 0 Å². The highest BCUT2D eigenvalue weighted by atomic mass is 32.2. The minimum Gasteiger partial charge on any atom is -0.495 e. The summed E-state index contributed by atoms with van der Waals surface area (Å²) in [6.45, 7) is 5.24. The average Bonchev–Trinajstić information content (AvgIpc) is 2.80. The number of anilines is 1. The first kappa shape index (κ1) is 21.0. The summed E-state index contributed by atoms with van der Waals surface area (Å²) in [4.78, 5) is 4.62. The lowest BCUT2D eigenvalue weighted by molar-refractivity contribution is 0.0729. The van der Waals surface area contributed by atoms with Crippen LogP contribution in [0.5, 0.6) is 5.75 Å². The number of ether oxygens (including phenoxy) is 2. The van der Waals surface area contributed by atoms with Gasteiger partial charge in [0.1, 0.15) is 10.6 Å². The van der Waals surface area contributed by atoms with Gasteiger partial charge < -0.3 is 19.3 Å². The molecule has 0 amide bonds. The van der Waals surface area contributed by atoms with E-state index in [2.05, 4.69) is 27.0 Å². The third kappa shape index (κ3) is 4.27. The van der Waals surface area contributed by atoms with Gasteiger partial charge in [0.2, 0.25) is 10.0 Å². The van der Waals surface area contributed by atoms with Gasteiger partial charge in [-0.25, -0.2) is 8.42 Å². The van der Waals surface area contributed by atoms with Crippen LogP contribution in [0, 0.1) is 0 Å². The summed E-state index contributed by atoms with van der Waals surface area (Å²) in [5, 5.41) is 8.74. The van der Waals surface area contributed by atoms with E-state index in [4.69, 9.17) is 9.47 Å². The molecule has 9 nitrogen and oxygen atoms in total. The second kappa shape index (κ2) is 8.84. The van der Waals surface area contributed by atoms with Gasteiger partial charge in [-0.2, -0.15) is 4.31 Å². The molecule has 0 atom stereocenters. The molecule has 2 fully saturated rings. The number of likely N-dealkylation sites (N-methyl/N-ethyl adjacent to an activating group) is 1. The van der Waals surface area contributed by atoms with Crippen molar-refractivity contribution in [2.24, 2.45) is 0 Å². The van der Waals surface area contributed by atoms with Crippen LogP contribution in [0.1, 0.15) is 0 Å². The van der Waals surface area contributed by atoms with Crippen molar-refractivity contribution < 1.29 is 17.9 Å². The van der Waals surface area contributed by atoms with Gasteiger partial charge in [-0.05, 0) is 37.4 Å². The first-order valence-corrected chi connectivity index (χ1v) is 11.5. The maximum absolute atomic E-state index is 13.2. The Kier molecular flexibility index (Phi) is 6.19. The Labute approximate surface area is 177 Å². The zero-order chi connectivity index (χ0) is 21.1. The molecule has 0 N–H and O–H groups in total. The second-order valence-corrected chi connectivity index (χ2v) is 9.36. The third-order valence-corrected chi connectivity index (χ3v) is 7.44. The molecule has 0 radical (unpaired) electrons. The molecular weight excluding hydrogens is 406 g/mol. The molecule has 1 aromatic heterocycles. The molecule has 0 bridgehead atoms. The second-order valence-electron chi connectivity index (χ2n) is 7.45. The van der Waals surface area contributed by atoms with E-state index in [1.165, 1.54) is 11.4 Å². The first-order valence-electron chi connectivity index (χ1n) is 10.0. The van der Waals surface area contributed by atoms with E-state index in [0.717, 1.165) is 32.0 Å².